The van der Waals surface area contributed by atoms with Gasteiger partial charge in [-0.05, 0) is 30.9 Å². The zero-order valence-electron chi connectivity index (χ0n) is 11.0. The first-order valence-corrected chi connectivity index (χ1v) is 7.07. The Hall–Kier alpha value is -1.55. The lowest BCUT2D eigenvalue weighted by atomic mass is 10.0. The molecule has 0 spiro atoms. The fourth-order valence-electron chi connectivity index (χ4n) is 2.82. The molecule has 102 valence electrons. The van der Waals surface area contributed by atoms with E-state index in [2.05, 4.69) is 10.6 Å². The van der Waals surface area contributed by atoms with Crippen LogP contribution in [0, 0.1) is 0 Å². The van der Waals surface area contributed by atoms with Crippen LogP contribution in [0.25, 0.3) is 0 Å². The van der Waals surface area contributed by atoms with Crippen molar-refractivity contribution in [3.05, 3.63) is 29.8 Å². The number of hydrogen-bond donors (Lipinski definition) is 2. The maximum absolute atomic E-state index is 12.2. The Labute approximate surface area is 113 Å². The van der Waals surface area contributed by atoms with Crippen molar-refractivity contribution in [1.82, 2.24) is 5.32 Å². The van der Waals surface area contributed by atoms with Crippen molar-refractivity contribution in [3.63, 3.8) is 0 Å². The Bertz CT molecular complexity index is 455. The van der Waals surface area contributed by atoms with Crippen LogP contribution < -0.4 is 10.6 Å². The molecule has 1 fully saturated rings. The molecule has 0 aromatic heterocycles. The molecule has 0 aliphatic carbocycles. The molecule has 2 aliphatic rings. The fraction of sp³-hybridized carbons (Fsp3) is 0.533. The Kier molecular flexibility index (Phi) is 3.69. The lowest BCUT2D eigenvalue weighted by Gasteiger charge is -2.23. The maximum atomic E-state index is 12.2. The molecule has 4 heteroatoms. The second-order valence-corrected chi connectivity index (χ2v) is 5.25. The largest absolute Gasteiger partial charge is 0.384 e. The molecule has 2 heterocycles. The van der Waals surface area contributed by atoms with E-state index in [1.54, 1.807) is 0 Å². The van der Waals surface area contributed by atoms with Crippen LogP contribution >= 0.6 is 0 Å². The van der Waals surface area contributed by atoms with E-state index < -0.39 is 0 Å². The number of anilines is 1. The lowest BCUT2D eigenvalue weighted by Crippen LogP contribution is -2.38. The molecule has 1 aromatic carbocycles. The summed E-state index contributed by atoms with van der Waals surface area (Å²) in [7, 11) is 0. The van der Waals surface area contributed by atoms with Crippen LogP contribution in [-0.4, -0.2) is 31.7 Å². The number of ether oxygens (including phenoxy) is 1. The highest BCUT2D eigenvalue weighted by molar-refractivity contribution is 5.88. The maximum Gasteiger partial charge on any atom is 0.229 e. The Morgan fingerprint density at radius 1 is 1.37 bits per heavy atom. The summed E-state index contributed by atoms with van der Waals surface area (Å²) in [6.07, 6.45) is 3.60. The molecule has 2 unspecified atom stereocenters. The van der Waals surface area contributed by atoms with E-state index in [9.17, 15) is 4.79 Å². The molecule has 3 rings (SSSR count). The van der Waals surface area contributed by atoms with Crippen molar-refractivity contribution >= 4 is 11.6 Å². The second-order valence-electron chi connectivity index (χ2n) is 5.25. The second kappa shape index (κ2) is 5.61. The smallest absolute Gasteiger partial charge is 0.229 e. The topological polar surface area (TPSA) is 50.4 Å². The Morgan fingerprint density at radius 3 is 3.11 bits per heavy atom. The van der Waals surface area contributed by atoms with E-state index >= 15 is 0 Å². The Morgan fingerprint density at radius 2 is 2.26 bits per heavy atom. The number of carbonyl (C=O) groups excluding carboxylic acids is 1. The summed E-state index contributed by atoms with van der Waals surface area (Å²) >= 11 is 0. The third kappa shape index (κ3) is 2.73. The van der Waals surface area contributed by atoms with E-state index in [-0.39, 0.29) is 17.9 Å². The number of amides is 1. The third-order valence-electron chi connectivity index (χ3n) is 3.93. The summed E-state index contributed by atoms with van der Waals surface area (Å²) in [5, 5.41) is 6.31. The predicted molar refractivity (Wildman–Crippen MR) is 74.3 cm³/mol. The van der Waals surface area contributed by atoms with Crippen molar-refractivity contribution in [2.75, 3.05) is 25.0 Å². The summed E-state index contributed by atoms with van der Waals surface area (Å²) in [6, 6.07) is 8.02. The molecular weight excluding hydrogens is 240 g/mol. The number of fused-ring (bicyclic) bond motifs is 1. The molecule has 0 radical (unpaired) electrons. The minimum Gasteiger partial charge on any atom is -0.384 e. The summed E-state index contributed by atoms with van der Waals surface area (Å²) in [5.41, 5.74) is 2.18. The first-order chi connectivity index (χ1) is 9.34. The van der Waals surface area contributed by atoms with Crippen LogP contribution in [0.4, 0.5) is 5.69 Å². The van der Waals surface area contributed by atoms with Crippen molar-refractivity contribution in [3.8, 4) is 0 Å². The summed E-state index contributed by atoms with van der Waals surface area (Å²) in [6.45, 7) is 2.16. The molecule has 4 nitrogen and oxygen atoms in total. The summed E-state index contributed by atoms with van der Waals surface area (Å²) in [5.74, 6) is 0.0337. The molecular formula is C15H20N2O2. The zero-order chi connectivity index (χ0) is 13.1. The predicted octanol–water partition coefficient (Wildman–Crippen LogP) is 1.88. The fourth-order valence-corrected chi connectivity index (χ4v) is 2.82. The number of benzene rings is 1. The van der Waals surface area contributed by atoms with Crippen molar-refractivity contribution in [2.24, 2.45) is 0 Å². The SMILES string of the molecule is O=C(NCC1CCCCO1)C1CNc2ccccc21. The highest BCUT2D eigenvalue weighted by atomic mass is 16.5. The molecule has 19 heavy (non-hydrogen) atoms. The van der Waals surface area contributed by atoms with Crippen LogP contribution in [-0.2, 0) is 9.53 Å². The molecule has 1 aromatic rings. The molecule has 2 aliphatic heterocycles. The average molecular weight is 260 g/mol. The number of para-hydroxylation sites is 1. The van der Waals surface area contributed by atoms with E-state index in [1.807, 2.05) is 24.3 Å². The molecule has 1 saturated heterocycles. The molecule has 0 bridgehead atoms. The van der Waals surface area contributed by atoms with Gasteiger partial charge in [-0.2, -0.15) is 0 Å². The third-order valence-corrected chi connectivity index (χ3v) is 3.93. The monoisotopic (exact) mass is 260 g/mol. The minimum absolute atomic E-state index is 0.0696. The number of hydrogen-bond acceptors (Lipinski definition) is 3. The molecule has 0 saturated carbocycles. The van der Waals surface area contributed by atoms with Crippen molar-refractivity contribution in [2.45, 2.75) is 31.3 Å². The van der Waals surface area contributed by atoms with Gasteiger partial charge in [-0.15, -0.1) is 0 Å². The van der Waals surface area contributed by atoms with E-state index in [0.717, 1.165) is 30.7 Å². The van der Waals surface area contributed by atoms with Gasteiger partial charge in [0.2, 0.25) is 5.91 Å². The van der Waals surface area contributed by atoms with Gasteiger partial charge in [0.25, 0.3) is 0 Å². The number of carbonyl (C=O) groups is 1. The van der Waals surface area contributed by atoms with E-state index in [0.29, 0.717) is 13.1 Å². The van der Waals surface area contributed by atoms with Crippen molar-refractivity contribution in [1.29, 1.82) is 0 Å². The van der Waals surface area contributed by atoms with Gasteiger partial charge in [0.1, 0.15) is 0 Å². The van der Waals surface area contributed by atoms with Gasteiger partial charge < -0.3 is 15.4 Å². The molecule has 1 amide bonds. The van der Waals surface area contributed by atoms with Gasteiger partial charge in [0.15, 0.2) is 0 Å². The summed E-state index contributed by atoms with van der Waals surface area (Å²) < 4.78 is 5.63. The van der Waals surface area contributed by atoms with Gasteiger partial charge in [0, 0.05) is 25.4 Å². The summed E-state index contributed by atoms with van der Waals surface area (Å²) in [4.78, 5) is 12.2. The standard InChI is InChI=1S/C15H20N2O2/c18-15(17-9-11-5-3-4-8-19-11)13-10-16-14-7-2-1-6-12(13)14/h1-2,6-7,11,13,16H,3-5,8-10H2,(H,17,18). The van der Waals surface area contributed by atoms with Crippen LogP contribution in [0.15, 0.2) is 24.3 Å². The number of rotatable bonds is 3. The van der Waals surface area contributed by atoms with Gasteiger partial charge in [-0.25, -0.2) is 0 Å². The lowest BCUT2D eigenvalue weighted by molar-refractivity contribution is -0.123. The first-order valence-electron chi connectivity index (χ1n) is 7.07. The highest BCUT2D eigenvalue weighted by Gasteiger charge is 2.28. The zero-order valence-corrected chi connectivity index (χ0v) is 11.0. The van der Waals surface area contributed by atoms with Gasteiger partial charge in [-0.1, -0.05) is 18.2 Å². The average Bonchev–Trinajstić information content (AvgIpc) is 2.90. The van der Waals surface area contributed by atoms with Gasteiger partial charge >= 0.3 is 0 Å². The van der Waals surface area contributed by atoms with E-state index in [1.165, 1.54) is 6.42 Å². The van der Waals surface area contributed by atoms with Crippen LogP contribution in [0.1, 0.15) is 30.7 Å². The number of nitrogens with one attached hydrogen (secondary N) is 2. The highest BCUT2D eigenvalue weighted by Crippen LogP contribution is 2.30. The first kappa shape index (κ1) is 12.5. The van der Waals surface area contributed by atoms with Crippen LogP contribution in [0.5, 0.6) is 0 Å². The molecule has 2 atom stereocenters. The van der Waals surface area contributed by atoms with Gasteiger partial charge in [0.05, 0.1) is 12.0 Å². The quantitative estimate of drug-likeness (QED) is 0.872. The van der Waals surface area contributed by atoms with Crippen LogP contribution in [0.3, 0.4) is 0 Å². The molecule has 2 N–H and O–H groups in total. The van der Waals surface area contributed by atoms with Gasteiger partial charge in [-0.3, -0.25) is 4.79 Å². The van der Waals surface area contributed by atoms with E-state index in [4.69, 9.17) is 4.74 Å². The van der Waals surface area contributed by atoms with Crippen LogP contribution in [0.2, 0.25) is 0 Å². The Balaban J connectivity index is 1.56. The minimum atomic E-state index is -0.0696. The normalized spacial score (nSPS) is 25.5. The van der Waals surface area contributed by atoms with Crippen molar-refractivity contribution < 1.29 is 9.53 Å².